The number of methoxy groups -OCH3 is 1. The molecule has 20 heavy (non-hydrogen) atoms. The van der Waals surface area contributed by atoms with E-state index in [-0.39, 0.29) is 12.7 Å². The Kier molecular flexibility index (Phi) is 6.81. The molecule has 0 bridgehead atoms. The van der Waals surface area contributed by atoms with Crippen molar-refractivity contribution in [3.05, 3.63) is 22.2 Å². The van der Waals surface area contributed by atoms with Crippen LogP contribution in [0.5, 0.6) is 11.5 Å². The molecule has 0 aromatic heterocycles. The molecule has 6 heteroatoms. The summed E-state index contributed by atoms with van der Waals surface area (Å²) in [6.45, 7) is 3.96. The molecule has 1 aromatic carbocycles. The molecule has 0 fully saturated rings. The average molecular weight is 346 g/mol. The Labute approximate surface area is 127 Å². The number of hydrogen-bond acceptors (Lipinski definition) is 5. The molecule has 0 saturated carbocycles. The predicted molar refractivity (Wildman–Crippen MR) is 80.2 cm³/mol. The zero-order chi connectivity index (χ0) is 15.1. The van der Waals surface area contributed by atoms with Crippen LogP contribution >= 0.6 is 15.9 Å². The molecule has 0 spiro atoms. The molecule has 0 aliphatic heterocycles. The zero-order valence-electron chi connectivity index (χ0n) is 11.9. The number of esters is 1. The Morgan fingerprint density at radius 3 is 2.65 bits per heavy atom. The minimum atomic E-state index is -0.417. The van der Waals surface area contributed by atoms with Crippen LogP contribution in [0.25, 0.3) is 0 Å². The highest BCUT2D eigenvalue weighted by atomic mass is 79.9. The first kappa shape index (κ1) is 16.8. The second-order valence-corrected chi connectivity index (χ2v) is 5.33. The van der Waals surface area contributed by atoms with Gasteiger partial charge in [-0.1, -0.05) is 0 Å². The monoisotopic (exact) mass is 345 g/mol. The number of ether oxygens (including phenoxy) is 3. The van der Waals surface area contributed by atoms with Crippen molar-refractivity contribution in [2.75, 3.05) is 20.3 Å². The topological polar surface area (TPSA) is 70.8 Å². The Hall–Kier alpha value is -1.27. The molecule has 0 aliphatic rings. The highest BCUT2D eigenvalue weighted by Gasteiger charge is 2.14. The van der Waals surface area contributed by atoms with Gasteiger partial charge in [0.25, 0.3) is 0 Å². The number of halogens is 1. The van der Waals surface area contributed by atoms with E-state index in [0.29, 0.717) is 18.0 Å². The first-order valence-electron chi connectivity index (χ1n) is 6.36. The summed E-state index contributed by atoms with van der Waals surface area (Å²) in [5, 5.41) is 0. The fourth-order valence-electron chi connectivity index (χ4n) is 1.65. The Balaban J connectivity index is 2.81. The molecular formula is C14H20BrNO4. The Morgan fingerprint density at radius 2 is 2.10 bits per heavy atom. The van der Waals surface area contributed by atoms with Crippen molar-refractivity contribution in [2.24, 2.45) is 5.73 Å². The molecule has 1 rings (SSSR count). The maximum atomic E-state index is 11.5. The summed E-state index contributed by atoms with van der Waals surface area (Å²) in [5.41, 5.74) is 6.57. The molecule has 2 N–H and O–H groups in total. The largest absolute Gasteiger partial charge is 0.493 e. The lowest BCUT2D eigenvalue weighted by Gasteiger charge is -2.14. The van der Waals surface area contributed by atoms with E-state index in [1.807, 2.05) is 12.1 Å². The standard InChI is InChI=1S/C14H20BrNO4/c1-9(2)20-13(17)8-19-14-11(15)6-10(4-5-16)7-12(14)18-3/h6-7,9H,4-5,8,16H2,1-3H3. The highest BCUT2D eigenvalue weighted by Crippen LogP contribution is 2.36. The van der Waals surface area contributed by atoms with Gasteiger partial charge in [-0.15, -0.1) is 0 Å². The number of carbonyl (C=O) groups excluding carboxylic acids is 1. The summed E-state index contributed by atoms with van der Waals surface area (Å²) in [5.74, 6) is 0.620. The summed E-state index contributed by atoms with van der Waals surface area (Å²) in [6.07, 6.45) is 0.577. The second-order valence-electron chi connectivity index (χ2n) is 4.47. The molecule has 0 amide bonds. The minimum Gasteiger partial charge on any atom is -0.493 e. The van der Waals surface area contributed by atoms with Crippen molar-refractivity contribution < 1.29 is 19.0 Å². The van der Waals surface area contributed by atoms with E-state index in [1.165, 1.54) is 0 Å². The zero-order valence-corrected chi connectivity index (χ0v) is 13.5. The first-order valence-corrected chi connectivity index (χ1v) is 7.16. The lowest BCUT2D eigenvalue weighted by atomic mass is 10.1. The van der Waals surface area contributed by atoms with Gasteiger partial charge < -0.3 is 19.9 Å². The van der Waals surface area contributed by atoms with Gasteiger partial charge in [0, 0.05) is 0 Å². The lowest BCUT2D eigenvalue weighted by molar-refractivity contribution is -0.149. The van der Waals surface area contributed by atoms with Crippen LogP contribution < -0.4 is 15.2 Å². The van der Waals surface area contributed by atoms with E-state index in [9.17, 15) is 4.79 Å². The van der Waals surface area contributed by atoms with Gasteiger partial charge in [-0.05, 0) is 60.4 Å². The molecule has 0 aliphatic carbocycles. The van der Waals surface area contributed by atoms with Gasteiger partial charge >= 0.3 is 5.97 Å². The fourth-order valence-corrected chi connectivity index (χ4v) is 2.26. The average Bonchev–Trinajstić information content (AvgIpc) is 2.36. The van der Waals surface area contributed by atoms with E-state index >= 15 is 0 Å². The van der Waals surface area contributed by atoms with Crippen molar-refractivity contribution in [1.29, 1.82) is 0 Å². The third kappa shape index (κ3) is 5.02. The molecule has 1 aromatic rings. The smallest absolute Gasteiger partial charge is 0.344 e. The molecule has 0 unspecified atom stereocenters. The van der Waals surface area contributed by atoms with Crippen LogP contribution in [0.4, 0.5) is 0 Å². The van der Waals surface area contributed by atoms with Crippen LogP contribution in [0.15, 0.2) is 16.6 Å². The van der Waals surface area contributed by atoms with E-state index in [0.717, 1.165) is 16.5 Å². The van der Waals surface area contributed by atoms with Crippen molar-refractivity contribution in [3.8, 4) is 11.5 Å². The van der Waals surface area contributed by atoms with E-state index < -0.39 is 5.97 Å². The van der Waals surface area contributed by atoms with Crippen molar-refractivity contribution >= 4 is 21.9 Å². The summed E-state index contributed by atoms with van der Waals surface area (Å²) >= 11 is 3.41. The number of benzene rings is 1. The van der Waals surface area contributed by atoms with Crippen LogP contribution in [0.3, 0.4) is 0 Å². The third-order valence-electron chi connectivity index (χ3n) is 2.42. The van der Waals surface area contributed by atoms with Crippen LogP contribution in [0, 0.1) is 0 Å². The fraction of sp³-hybridized carbons (Fsp3) is 0.500. The molecule has 0 heterocycles. The highest BCUT2D eigenvalue weighted by molar-refractivity contribution is 9.10. The van der Waals surface area contributed by atoms with Gasteiger partial charge in [-0.2, -0.15) is 0 Å². The van der Waals surface area contributed by atoms with Crippen LogP contribution in [0.1, 0.15) is 19.4 Å². The van der Waals surface area contributed by atoms with Gasteiger partial charge in [-0.3, -0.25) is 0 Å². The van der Waals surface area contributed by atoms with Gasteiger partial charge in [0.05, 0.1) is 17.7 Å². The Morgan fingerprint density at radius 1 is 1.40 bits per heavy atom. The number of hydrogen-bond donors (Lipinski definition) is 1. The minimum absolute atomic E-state index is 0.163. The van der Waals surface area contributed by atoms with Crippen molar-refractivity contribution in [3.63, 3.8) is 0 Å². The van der Waals surface area contributed by atoms with Gasteiger partial charge in [0.2, 0.25) is 0 Å². The molecule has 0 saturated heterocycles. The summed E-state index contributed by atoms with van der Waals surface area (Å²) in [6, 6.07) is 3.75. The maximum Gasteiger partial charge on any atom is 0.344 e. The van der Waals surface area contributed by atoms with E-state index in [2.05, 4.69) is 15.9 Å². The number of carbonyl (C=O) groups is 1. The van der Waals surface area contributed by atoms with E-state index in [1.54, 1.807) is 21.0 Å². The Bertz CT molecular complexity index is 463. The lowest BCUT2D eigenvalue weighted by Crippen LogP contribution is -2.19. The predicted octanol–water partition coefficient (Wildman–Crippen LogP) is 2.29. The molecule has 112 valence electrons. The summed E-state index contributed by atoms with van der Waals surface area (Å²) in [4.78, 5) is 11.5. The SMILES string of the molecule is COc1cc(CCN)cc(Br)c1OCC(=O)OC(C)C. The normalized spacial score (nSPS) is 10.5. The van der Waals surface area contributed by atoms with Gasteiger partial charge in [-0.25, -0.2) is 4.79 Å². The van der Waals surface area contributed by atoms with E-state index in [4.69, 9.17) is 19.9 Å². The van der Waals surface area contributed by atoms with Gasteiger partial charge in [0.15, 0.2) is 18.1 Å². The van der Waals surface area contributed by atoms with Crippen LogP contribution in [-0.2, 0) is 16.0 Å². The van der Waals surface area contributed by atoms with Gasteiger partial charge in [0.1, 0.15) is 0 Å². The molecular weight excluding hydrogens is 326 g/mol. The summed E-state index contributed by atoms with van der Waals surface area (Å²) < 4.78 is 16.5. The van der Waals surface area contributed by atoms with Crippen LogP contribution in [0.2, 0.25) is 0 Å². The maximum absolute atomic E-state index is 11.5. The first-order chi connectivity index (χ1) is 9.47. The molecule has 5 nitrogen and oxygen atoms in total. The molecule has 0 radical (unpaired) electrons. The van der Waals surface area contributed by atoms with Crippen molar-refractivity contribution in [1.82, 2.24) is 0 Å². The quantitative estimate of drug-likeness (QED) is 0.767. The number of nitrogens with two attached hydrogens (primary N) is 1. The molecule has 0 atom stereocenters. The summed E-state index contributed by atoms with van der Waals surface area (Å²) in [7, 11) is 1.55. The van der Waals surface area contributed by atoms with Crippen molar-refractivity contribution in [2.45, 2.75) is 26.4 Å². The third-order valence-corrected chi connectivity index (χ3v) is 3.01. The van der Waals surface area contributed by atoms with Crippen LogP contribution in [-0.4, -0.2) is 32.3 Å². The second kappa shape index (κ2) is 8.11. The number of rotatable bonds is 7.